The molecule has 0 radical (unpaired) electrons. The number of aryl methyl sites for hydroxylation is 1. The number of carbonyl (C=O) groups is 1. The number of nitrogens with zero attached hydrogens (tertiary/aromatic N) is 3. The van der Waals surface area contributed by atoms with E-state index in [2.05, 4.69) is 5.10 Å². The minimum Gasteiger partial charge on any atom is -0.491 e. The van der Waals surface area contributed by atoms with Crippen LogP contribution in [0, 0.1) is 0 Å². The molecule has 0 unspecified atom stereocenters. The van der Waals surface area contributed by atoms with Gasteiger partial charge < -0.3 is 14.4 Å². The molecule has 2 aromatic rings. The van der Waals surface area contributed by atoms with Crippen molar-refractivity contribution >= 4 is 5.91 Å². The molecule has 1 amide bonds. The molecule has 0 aliphatic heterocycles. The molecule has 0 atom stereocenters. The maximum absolute atomic E-state index is 12.4. The van der Waals surface area contributed by atoms with Crippen molar-refractivity contribution in [2.45, 2.75) is 26.4 Å². The average Bonchev–Trinajstić information content (AvgIpc) is 2.98. The smallest absolute Gasteiger partial charge is 0.249 e. The van der Waals surface area contributed by atoms with E-state index in [-0.39, 0.29) is 18.6 Å². The maximum Gasteiger partial charge on any atom is 0.249 e. The Labute approximate surface area is 143 Å². The van der Waals surface area contributed by atoms with Crippen LogP contribution in [0.5, 0.6) is 5.75 Å². The molecular formula is C18H25N3O3. The molecule has 0 saturated carbocycles. The minimum absolute atomic E-state index is 0.0337. The SMILES string of the molecule is CC(C)N(Cc1cnn(C)c1)C(=O)COCCOc1ccccc1. The molecule has 24 heavy (non-hydrogen) atoms. The molecule has 1 heterocycles. The number of amides is 1. The second-order valence-electron chi connectivity index (χ2n) is 5.85. The van der Waals surface area contributed by atoms with Crippen LogP contribution in [0.4, 0.5) is 0 Å². The van der Waals surface area contributed by atoms with Crippen LogP contribution < -0.4 is 4.74 Å². The van der Waals surface area contributed by atoms with Gasteiger partial charge in [-0.3, -0.25) is 9.48 Å². The van der Waals surface area contributed by atoms with E-state index in [4.69, 9.17) is 9.47 Å². The third-order valence-electron chi connectivity index (χ3n) is 3.52. The molecule has 1 aromatic heterocycles. The van der Waals surface area contributed by atoms with E-state index < -0.39 is 0 Å². The number of benzene rings is 1. The Hall–Kier alpha value is -2.34. The largest absolute Gasteiger partial charge is 0.491 e. The number of rotatable bonds is 9. The molecule has 0 aliphatic carbocycles. The van der Waals surface area contributed by atoms with Crippen molar-refractivity contribution in [3.05, 3.63) is 48.3 Å². The Morgan fingerprint density at radius 1 is 1.25 bits per heavy atom. The van der Waals surface area contributed by atoms with E-state index in [1.807, 2.05) is 57.4 Å². The van der Waals surface area contributed by atoms with Crippen molar-refractivity contribution in [2.75, 3.05) is 19.8 Å². The van der Waals surface area contributed by atoms with Crippen molar-refractivity contribution in [1.82, 2.24) is 14.7 Å². The summed E-state index contributed by atoms with van der Waals surface area (Å²) in [6, 6.07) is 9.64. The molecule has 130 valence electrons. The molecule has 0 bridgehead atoms. The Bertz CT molecular complexity index is 625. The maximum atomic E-state index is 12.4. The van der Waals surface area contributed by atoms with Gasteiger partial charge in [0.15, 0.2) is 0 Å². The fourth-order valence-electron chi connectivity index (χ4n) is 2.29. The quantitative estimate of drug-likeness (QED) is 0.661. The zero-order chi connectivity index (χ0) is 17.4. The highest BCUT2D eigenvalue weighted by Gasteiger charge is 2.18. The van der Waals surface area contributed by atoms with Gasteiger partial charge in [-0.15, -0.1) is 0 Å². The van der Waals surface area contributed by atoms with Crippen LogP contribution in [-0.4, -0.2) is 46.5 Å². The molecule has 1 aromatic carbocycles. The van der Waals surface area contributed by atoms with Gasteiger partial charge in [0, 0.05) is 31.4 Å². The second kappa shape index (κ2) is 9.08. The number of ether oxygens (including phenoxy) is 2. The number of hydrogen-bond acceptors (Lipinski definition) is 4. The molecule has 0 saturated heterocycles. The van der Waals surface area contributed by atoms with Crippen molar-refractivity contribution in [3.63, 3.8) is 0 Å². The van der Waals surface area contributed by atoms with Crippen LogP contribution >= 0.6 is 0 Å². The highest BCUT2D eigenvalue weighted by atomic mass is 16.5. The van der Waals surface area contributed by atoms with Gasteiger partial charge in [0.05, 0.1) is 12.8 Å². The standard InChI is InChI=1S/C18H25N3O3/c1-15(2)21(13-16-11-19-20(3)12-16)18(22)14-23-9-10-24-17-7-5-4-6-8-17/h4-8,11-12,15H,9-10,13-14H2,1-3H3. The first-order valence-electron chi connectivity index (χ1n) is 8.09. The lowest BCUT2D eigenvalue weighted by Gasteiger charge is -2.26. The van der Waals surface area contributed by atoms with Gasteiger partial charge in [0.25, 0.3) is 0 Å². The van der Waals surface area contributed by atoms with Crippen LogP contribution in [0.3, 0.4) is 0 Å². The van der Waals surface area contributed by atoms with Gasteiger partial charge in [0.2, 0.25) is 5.91 Å². The fourth-order valence-corrected chi connectivity index (χ4v) is 2.29. The summed E-state index contributed by atoms with van der Waals surface area (Å²) >= 11 is 0. The first-order valence-corrected chi connectivity index (χ1v) is 8.09. The lowest BCUT2D eigenvalue weighted by molar-refractivity contribution is -0.138. The lowest BCUT2D eigenvalue weighted by Crippen LogP contribution is -2.39. The number of hydrogen-bond donors (Lipinski definition) is 0. The van der Waals surface area contributed by atoms with Crippen molar-refractivity contribution in [2.24, 2.45) is 7.05 Å². The van der Waals surface area contributed by atoms with Gasteiger partial charge >= 0.3 is 0 Å². The van der Waals surface area contributed by atoms with Gasteiger partial charge in [-0.25, -0.2) is 0 Å². The lowest BCUT2D eigenvalue weighted by atomic mass is 10.2. The Morgan fingerprint density at radius 3 is 2.62 bits per heavy atom. The van der Waals surface area contributed by atoms with E-state index in [0.717, 1.165) is 11.3 Å². The predicted octanol–water partition coefficient (Wildman–Crippen LogP) is 2.25. The van der Waals surface area contributed by atoms with Gasteiger partial charge in [0.1, 0.15) is 19.0 Å². The third kappa shape index (κ3) is 5.70. The van der Waals surface area contributed by atoms with E-state index >= 15 is 0 Å². The van der Waals surface area contributed by atoms with Crippen LogP contribution in [0.25, 0.3) is 0 Å². The van der Waals surface area contributed by atoms with Crippen LogP contribution in [0.15, 0.2) is 42.7 Å². The van der Waals surface area contributed by atoms with Gasteiger partial charge in [-0.05, 0) is 26.0 Å². The minimum atomic E-state index is -0.0337. The van der Waals surface area contributed by atoms with E-state index in [0.29, 0.717) is 19.8 Å². The van der Waals surface area contributed by atoms with Crippen LogP contribution in [0.2, 0.25) is 0 Å². The monoisotopic (exact) mass is 331 g/mol. The molecule has 6 heteroatoms. The van der Waals surface area contributed by atoms with Crippen molar-refractivity contribution in [3.8, 4) is 5.75 Å². The molecule has 0 spiro atoms. The number of carbonyl (C=O) groups excluding carboxylic acids is 1. The normalized spacial score (nSPS) is 10.8. The molecule has 0 fully saturated rings. The summed E-state index contributed by atoms with van der Waals surface area (Å²) in [4.78, 5) is 14.1. The summed E-state index contributed by atoms with van der Waals surface area (Å²) in [5.41, 5.74) is 1.01. The topological polar surface area (TPSA) is 56.6 Å². The zero-order valence-electron chi connectivity index (χ0n) is 14.5. The zero-order valence-corrected chi connectivity index (χ0v) is 14.5. The molecule has 2 rings (SSSR count). The third-order valence-corrected chi connectivity index (χ3v) is 3.52. The summed E-state index contributed by atoms with van der Waals surface area (Å²) in [6.45, 7) is 5.37. The second-order valence-corrected chi connectivity index (χ2v) is 5.85. The number of para-hydroxylation sites is 1. The van der Waals surface area contributed by atoms with E-state index in [1.165, 1.54) is 0 Å². The Kier molecular flexibility index (Phi) is 6.81. The molecule has 6 nitrogen and oxygen atoms in total. The Balaban J connectivity index is 1.72. The molecular weight excluding hydrogens is 306 g/mol. The van der Waals surface area contributed by atoms with Gasteiger partial charge in [-0.2, -0.15) is 5.10 Å². The van der Waals surface area contributed by atoms with Crippen molar-refractivity contribution < 1.29 is 14.3 Å². The summed E-state index contributed by atoms with van der Waals surface area (Å²) in [5, 5.41) is 4.13. The first-order chi connectivity index (χ1) is 11.6. The summed E-state index contributed by atoms with van der Waals surface area (Å²) in [5.74, 6) is 0.765. The molecule has 0 N–H and O–H groups in total. The summed E-state index contributed by atoms with van der Waals surface area (Å²) in [6.07, 6.45) is 3.69. The highest BCUT2D eigenvalue weighted by Crippen LogP contribution is 2.09. The van der Waals surface area contributed by atoms with E-state index in [1.54, 1.807) is 15.8 Å². The predicted molar refractivity (Wildman–Crippen MR) is 91.7 cm³/mol. The fraction of sp³-hybridized carbons (Fsp3) is 0.444. The highest BCUT2D eigenvalue weighted by molar-refractivity contribution is 5.77. The Morgan fingerprint density at radius 2 is 2.00 bits per heavy atom. The molecule has 0 aliphatic rings. The summed E-state index contributed by atoms with van der Waals surface area (Å²) in [7, 11) is 1.86. The van der Waals surface area contributed by atoms with Crippen molar-refractivity contribution in [1.29, 1.82) is 0 Å². The van der Waals surface area contributed by atoms with Gasteiger partial charge in [-0.1, -0.05) is 18.2 Å². The van der Waals surface area contributed by atoms with E-state index in [9.17, 15) is 4.79 Å². The van der Waals surface area contributed by atoms with Crippen LogP contribution in [-0.2, 0) is 23.1 Å². The first kappa shape index (κ1) is 18.0. The van der Waals surface area contributed by atoms with Crippen LogP contribution in [0.1, 0.15) is 19.4 Å². The summed E-state index contributed by atoms with van der Waals surface area (Å²) < 4.78 is 12.7. The number of aromatic nitrogens is 2. The average molecular weight is 331 g/mol.